The molecule has 5 rings (SSSR count). The zero-order valence-corrected chi connectivity index (χ0v) is 18.2. The van der Waals surface area contributed by atoms with Gasteiger partial charge < -0.3 is 19.2 Å². The molecule has 1 aliphatic heterocycles. The number of rotatable bonds is 4. The van der Waals surface area contributed by atoms with Crippen LogP contribution in [0.1, 0.15) is 55.8 Å². The lowest BCUT2D eigenvalue weighted by Crippen LogP contribution is -2.65. The van der Waals surface area contributed by atoms with Crippen molar-refractivity contribution in [1.82, 2.24) is 14.8 Å². The Bertz CT molecular complexity index is 1080. The van der Waals surface area contributed by atoms with Crippen LogP contribution in [0.2, 0.25) is 0 Å². The van der Waals surface area contributed by atoms with E-state index >= 15 is 0 Å². The summed E-state index contributed by atoms with van der Waals surface area (Å²) in [7, 11) is 0. The number of carbonyl (C=O) groups excluding carboxylic acids is 2. The van der Waals surface area contributed by atoms with Crippen LogP contribution in [-0.4, -0.2) is 32.9 Å². The van der Waals surface area contributed by atoms with Gasteiger partial charge in [-0.1, -0.05) is 19.8 Å². The first-order valence-electron chi connectivity index (χ1n) is 10.7. The molecule has 3 aromatic heterocycles. The van der Waals surface area contributed by atoms with Gasteiger partial charge in [-0.3, -0.25) is 9.59 Å². The average molecular weight is 426 g/mol. The Hall–Kier alpha value is -2.54. The Labute approximate surface area is 179 Å². The number of nitrogens with zero attached hydrogens (tertiary/aromatic N) is 2. The second kappa shape index (κ2) is 7.30. The van der Waals surface area contributed by atoms with Crippen LogP contribution in [0.15, 0.2) is 40.3 Å². The van der Waals surface area contributed by atoms with Crippen molar-refractivity contribution < 1.29 is 14.0 Å². The molecule has 1 saturated carbocycles. The topological polar surface area (TPSA) is 67.5 Å². The summed E-state index contributed by atoms with van der Waals surface area (Å²) in [6, 6.07) is 7.79. The number of furan rings is 1. The summed E-state index contributed by atoms with van der Waals surface area (Å²) < 4.78 is 8.61. The van der Waals surface area contributed by atoms with Crippen molar-refractivity contribution in [2.45, 2.75) is 64.2 Å². The quantitative estimate of drug-likeness (QED) is 0.673. The number of fused-ring (bicyclic) bond motifs is 3. The number of thiophene rings is 1. The van der Waals surface area contributed by atoms with Gasteiger partial charge in [0.1, 0.15) is 17.0 Å². The van der Waals surface area contributed by atoms with E-state index in [1.54, 1.807) is 22.5 Å². The first-order chi connectivity index (χ1) is 14.5. The number of amides is 2. The fourth-order valence-electron chi connectivity index (χ4n) is 4.93. The summed E-state index contributed by atoms with van der Waals surface area (Å²) in [6.45, 7) is 4.80. The standard InChI is InChI=1S/C23H27N3O3S/c1-15-6-3-4-8-17(15)24-22(28)23(2)14-25-18-9-11-30-20(18)12-19(25)21(27)26(23)13-16-7-5-10-29-16/h5,7,9-12,15,17H,3-4,6,8,13-14H2,1-2H3,(H,24,28)/t15-,17+,23+/m1/s1. The molecule has 7 heteroatoms. The van der Waals surface area contributed by atoms with E-state index in [4.69, 9.17) is 4.42 Å². The van der Waals surface area contributed by atoms with E-state index in [2.05, 4.69) is 12.2 Å². The van der Waals surface area contributed by atoms with Gasteiger partial charge in [-0.05, 0) is 55.3 Å². The first kappa shape index (κ1) is 19.4. The van der Waals surface area contributed by atoms with E-state index in [0.717, 1.165) is 29.5 Å². The third-order valence-electron chi connectivity index (χ3n) is 6.86. The van der Waals surface area contributed by atoms with Crippen molar-refractivity contribution >= 4 is 33.4 Å². The van der Waals surface area contributed by atoms with Crippen molar-refractivity contribution in [2.75, 3.05) is 0 Å². The van der Waals surface area contributed by atoms with Gasteiger partial charge in [-0.25, -0.2) is 0 Å². The number of nitrogens with one attached hydrogen (secondary N) is 1. The lowest BCUT2D eigenvalue weighted by Gasteiger charge is -2.45. The van der Waals surface area contributed by atoms with E-state index in [0.29, 0.717) is 23.9 Å². The molecule has 0 bridgehead atoms. The Balaban J connectivity index is 1.53. The minimum atomic E-state index is -0.998. The van der Waals surface area contributed by atoms with Gasteiger partial charge in [-0.15, -0.1) is 11.3 Å². The molecule has 1 fully saturated rings. The van der Waals surface area contributed by atoms with Gasteiger partial charge in [0.2, 0.25) is 5.91 Å². The minimum Gasteiger partial charge on any atom is -0.467 e. The van der Waals surface area contributed by atoms with Crippen molar-refractivity contribution in [3.8, 4) is 0 Å². The summed E-state index contributed by atoms with van der Waals surface area (Å²) in [5, 5.41) is 5.33. The predicted octanol–water partition coefficient (Wildman–Crippen LogP) is 4.41. The molecule has 0 radical (unpaired) electrons. The molecule has 0 unspecified atom stereocenters. The molecular formula is C23H27N3O3S. The van der Waals surface area contributed by atoms with Crippen LogP contribution in [0, 0.1) is 5.92 Å². The number of aromatic nitrogens is 1. The van der Waals surface area contributed by atoms with Gasteiger partial charge in [0, 0.05) is 6.04 Å². The lowest BCUT2D eigenvalue weighted by atomic mass is 9.85. The van der Waals surface area contributed by atoms with Gasteiger partial charge >= 0.3 is 0 Å². The molecule has 1 N–H and O–H groups in total. The van der Waals surface area contributed by atoms with Crippen molar-refractivity contribution in [3.63, 3.8) is 0 Å². The smallest absolute Gasteiger partial charge is 0.271 e. The number of hydrogen-bond acceptors (Lipinski definition) is 4. The molecule has 3 aromatic rings. The summed E-state index contributed by atoms with van der Waals surface area (Å²) in [4.78, 5) is 28.9. The maximum atomic E-state index is 13.7. The van der Waals surface area contributed by atoms with Crippen molar-refractivity contribution in [3.05, 3.63) is 47.4 Å². The largest absolute Gasteiger partial charge is 0.467 e. The molecule has 3 atom stereocenters. The highest BCUT2D eigenvalue weighted by Gasteiger charge is 2.48. The molecule has 4 heterocycles. The van der Waals surface area contributed by atoms with E-state index in [1.807, 2.05) is 41.1 Å². The molecule has 2 aliphatic rings. The molecule has 2 amide bonds. The average Bonchev–Trinajstić information content (AvgIpc) is 3.45. The van der Waals surface area contributed by atoms with Gasteiger partial charge in [0.05, 0.1) is 29.6 Å². The van der Waals surface area contributed by atoms with Crippen LogP contribution < -0.4 is 5.32 Å². The van der Waals surface area contributed by atoms with Crippen molar-refractivity contribution in [2.24, 2.45) is 5.92 Å². The Kier molecular flexibility index (Phi) is 4.73. The first-order valence-corrected chi connectivity index (χ1v) is 11.6. The van der Waals surface area contributed by atoms with Crippen LogP contribution in [0.5, 0.6) is 0 Å². The highest BCUT2D eigenvalue weighted by molar-refractivity contribution is 7.17. The van der Waals surface area contributed by atoms with Gasteiger partial charge in [0.15, 0.2) is 0 Å². The summed E-state index contributed by atoms with van der Waals surface area (Å²) >= 11 is 1.62. The summed E-state index contributed by atoms with van der Waals surface area (Å²) in [5.41, 5.74) is 0.660. The molecule has 0 spiro atoms. The Morgan fingerprint density at radius 2 is 2.17 bits per heavy atom. The fourth-order valence-corrected chi connectivity index (χ4v) is 5.76. The number of carbonyl (C=O) groups is 2. The maximum absolute atomic E-state index is 13.7. The highest BCUT2D eigenvalue weighted by atomic mass is 32.1. The van der Waals surface area contributed by atoms with E-state index in [9.17, 15) is 9.59 Å². The molecule has 158 valence electrons. The van der Waals surface area contributed by atoms with Crippen molar-refractivity contribution in [1.29, 1.82) is 0 Å². The maximum Gasteiger partial charge on any atom is 0.271 e. The third kappa shape index (κ3) is 3.07. The van der Waals surface area contributed by atoms with Gasteiger partial charge in [-0.2, -0.15) is 0 Å². The summed E-state index contributed by atoms with van der Waals surface area (Å²) in [6.07, 6.45) is 6.09. The van der Waals surface area contributed by atoms with E-state index in [1.165, 1.54) is 6.42 Å². The predicted molar refractivity (Wildman–Crippen MR) is 116 cm³/mol. The molecule has 6 nitrogen and oxygen atoms in total. The SMILES string of the molecule is C[C@@H]1CCCC[C@@H]1NC(=O)[C@]1(C)Cn2c(cc3sccc32)C(=O)N1Cc1ccco1. The molecule has 1 aliphatic carbocycles. The monoisotopic (exact) mass is 425 g/mol. The lowest BCUT2D eigenvalue weighted by molar-refractivity contribution is -0.134. The minimum absolute atomic E-state index is 0.0797. The normalized spacial score (nSPS) is 26.7. The Morgan fingerprint density at radius 1 is 1.33 bits per heavy atom. The van der Waals surface area contributed by atoms with Crippen LogP contribution in [0.25, 0.3) is 10.2 Å². The molecule has 0 saturated heterocycles. The van der Waals surface area contributed by atoms with Crippen LogP contribution >= 0.6 is 11.3 Å². The molecule has 0 aromatic carbocycles. The molecular weight excluding hydrogens is 398 g/mol. The zero-order valence-electron chi connectivity index (χ0n) is 17.4. The van der Waals surface area contributed by atoms with Crippen LogP contribution in [-0.2, 0) is 17.9 Å². The summed E-state index contributed by atoms with van der Waals surface area (Å²) in [5.74, 6) is 0.921. The van der Waals surface area contributed by atoms with Crippen LogP contribution in [0.4, 0.5) is 0 Å². The van der Waals surface area contributed by atoms with Gasteiger partial charge in [0.25, 0.3) is 5.91 Å². The second-order valence-electron chi connectivity index (χ2n) is 8.87. The fraction of sp³-hybridized carbons (Fsp3) is 0.478. The van der Waals surface area contributed by atoms with E-state index in [-0.39, 0.29) is 24.4 Å². The third-order valence-corrected chi connectivity index (χ3v) is 7.71. The van der Waals surface area contributed by atoms with E-state index < -0.39 is 5.54 Å². The Morgan fingerprint density at radius 3 is 2.93 bits per heavy atom. The second-order valence-corrected chi connectivity index (χ2v) is 9.82. The number of hydrogen-bond donors (Lipinski definition) is 1. The zero-order chi connectivity index (χ0) is 20.9. The molecule has 30 heavy (non-hydrogen) atoms. The highest BCUT2D eigenvalue weighted by Crippen LogP contribution is 2.36. The van der Waals surface area contributed by atoms with Crippen LogP contribution in [0.3, 0.4) is 0 Å².